The van der Waals surface area contributed by atoms with Gasteiger partial charge in [-0.15, -0.1) is 0 Å². The van der Waals surface area contributed by atoms with Gasteiger partial charge in [0.25, 0.3) is 5.76 Å². The zero-order valence-electron chi connectivity index (χ0n) is 18.5. The molecule has 3 N–H and O–H groups in total. The molecule has 0 aliphatic carbocycles. The first-order valence-electron chi connectivity index (χ1n) is 10.7. The molecule has 0 bridgehead atoms. The minimum Gasteiger partial charge on any atom is -0.593 e. The van der Waals surface area contributed by atoms with Crippen molar-refractivity contribution in [2.75, 3.05) is 0 Å². The van der Waals surface area contributed by atoms with Crippen molar-refractivity contribution in [1.29, 1.82) is 0 Å². The molecular formula is C30H28NO+. The monoisotopic (exact) mass is 418 g/mol. The van der Waals surface area contributed by atoms with Gasteiger partial charge in [-0.2, -0.15) is 0 Å². The van der Waals surface area contributed by atoms with Gasteiger partial charge in [-0.05, 0) is 60.4 Å². The van der Waals surface area contributed by atoms with Crippen molar-refractivity contribution < 1.29 is 5.11 Å². The van der Waals surface area contributed by atoms with E-state index >= 15 is 0 Å². The molecule has 0 aliphatic rings. The summed E-state index contributed by atoms with van der Waals surface area (Å²) in [7, 11) is 0. The molecule has 158 valence electrons. The normalized spacial score (nSPS) is 12.6. The Kier molecular flexibility index (Phi) is 6.23. The second-order valence-corrected chi connectivity index (χ2v) is 8.09. The first-order chi connectivity index (χ1) is 15.5. The summed E-state index contributed by atoms with van der Waals surface area (Å²) in [6.07, 6.45) is 10.1. The zero-order valence-corrected chi connectivity index (χ0v) is 18.5. The fourth-order valence-corrected chi connectivity index (χ4v) is 3.60. The second kappa shape index (κ2) is 9.40. The van der Waals surface area contributed by atoms with Crippen LogP contribution in [0.1, 0.15) is 27.8 Å². The van der Waals surface area contributed by atoms with E-state index < -0.39 is 0 Å². The SMILES string of the molecule is C=C(/C=C/c1c[nH]c2ccccc12)/C=C(\C=C(/[OH2+])c1ccc(C)cc1)c1ccc(C)cc1. The van der Waals surface area contributed by atoms with Gasteiger partial charge < -0.3 is 10.1 Å². The van der Waals surface area contributed by atoms with E-state index in [-0.39, 0.29) is 0 Å². The average Bonchev–Trinajstić information content (AvgIpc) is 3.21. The Morgan fingerprint density at radius 3 is 2.12 bits per heavy atom. The molecule has 0 atom stereocenters. The number of benzene rings is 3. The topological polar surface area (TPSA) is 38.7 Å². The Morgan fingerprint density at radius 2 is 1.44 bits per heavy atom. The summed E-state index contributed by atoms with van der Waals surface area (Å²) in [6.45, 7) is 8.38. The second-order valence-electron chi connectivity index (χ2n) is 8.09. The number of allylic oxidation sites excluding steroid dienone is 5. The molecule has 1 aromatic heterocycles. The highest BCUT2D eigenvalue weighted by Crippen LogP contribution is 2.25. The summed E-state index contributed by atoms with van der Waals surface area (Å²) in [4.78, 5) is 3.30. The molecule has 4 aromatic rings. The Morgan fingerprint density at radius 1 is 0.812 bits per heavy atom. The van der Waals surface area contributed by atoms with Crippen molar-refractivity contribution in [3.63, 3.8) is 0 Å². The number of rotatable bonds is 6. The summed E-state index contributed by atoms with van der Waals surface area (Å²) >= 11 is 0. The third-order valence-corrected chi connectivity index (χ3v) is 5.49. The maximum atomic E-state index is 8.62. The molecule has 32 heavy (non-hydrogen) atoms. The molecule has 3 aromatic carbocycles. The van der Waals surface area contributed by atoms with E-state index in [0.29, 0.717) is 5.76 Å². The lowest BCUT2D eigenvalue weighted by atomic mass is 9.99. The predicted octanol–water partition coefficient (Wildman–Crippen LogP) is 7.20. The van der Waals surface area contributed by atoms with Crippen LogP contribution in [0.25, 0.3) is 28.3 Å². The van der Waals surface area contributed by atoms with E-state index in [1.54, 1.807) is 0 Å². The number of para-hydroxylation sites is 1. The van der Waals surface area contributed by atoms with Gasteiger partial charge in [-0.1, -0.05) is 84.5 Å². The number of aromatic nitrogens is 1. The van der Waals surface area contributed by atoms with Crippen LogP contribution in [0.3, 0.4) is 0 Å². The predicted molar refractivity (Wildman–Crippen MR) is 138 cm³/mol. The number of fused-ring (bicyclic) bond motifs is 1. The van der Waals surface area contributed by atoms with Crippen LogP contribution in [0.2, 0.25) is 0 Å². The van der Waals surface area contributed by atoms with Crippen LogP contribution >= 0.6 is 0 Å². The van der Waals surface area contributed by atoms with Gasteiger partial charge in [-0.3, -0.25) is 0 Å². The molecule has 2 nitrogen and oxygen atoms in total. The summed E-state index contributed by atoms with van der Waals surface area (Å²) in [5, 5.41) is 9.81. The number of nitrogens with one attached hydrogen (secondary N) is 1. The molecule has 2 heteroatoms. The number of hydrogen-bond acceptors (Lipinski definition) is 0. The molecule has 0 saturated heterocycles. The van der Waals surface area contributed by atoms with Gasteiger partial charge in [-0.25, -0.2) is 0 Å². The first-order valence-corrected chi connectivity index (χ1v) is 10.7. The summed E-state index contributed by atoms with van der Waals surface area (Å²) in [6, 6.07) is 24.7. The quantitative estimate of drug-likeness (QED) is 0.195. The molecule has 0 saturated carbocycles. The van der Waals surface area contributed by atoms with Gasteiger partial charge in [0.15, 0.2) is 0 Å². The summed E-state index contributed by atoms with van der Waals surface area (Å²) < 4.78 is 0. The Labute approximate surface area is 189 Å². The molecule has 0 unspecified atom stereocenters. The zero-order chi connectivity index (χ0) is 22.5. The van der Waals surface area contributed by atoms with Crippen LogP contribution in [0, 0.1) is 13.8 Å². The van der Waals surface area contributed by atoms with Crippen molar-refractivity contribution in [3.8, 4) is 0 Å². The number of hydrogen-bond donors (Lipinski definition) is 1. The maximum Gasteiger partial charge on any atom is 0.261 e. The van der Waals surface area contributed by atoms with Crippen LogP contribution < -0.4 is 0 Å². The Hall–Kier alpha value is -4.04. The van der Waals surface area contributed by atoms with Crippen molar-refractivity contribution in [3.05, 3.63) is 137 Å². The van der Waals surface area contributed by atoms with Gasteiger partial charge in [0, 0.05) is 23.2 Å². The molecule has 0 amide bonds. The van der Waals surface area contributed by atoms with E-state index in [1.165, 1.54) is 16.5 Å². The first kappa shape index (κ1) is 21.2. The molecule has 0 radical (unpaired) electrons. The van der Waals surface area contributed by atoms with Gasteiger partial charge >= 0.3 is 0 Å². The smallest absolute Gasteiger partial charge is 0.261 e. The van der Waals surface area contributed by atoms with E-state index in [9.17, 15) is 0 Å². The highest BCUT2D eigenvalue weighted by molar-refractivity contribution is 5.89. The van der Waals surface area contributed by atoms with Crippen molar-refractivity contribution in [2.24, 2.45) is 0 Å². The van der Waals surface area contributed by atoms with Gasteiger partial charge in [0.05, 0.1) is 5.56 Å². The third-order valence-electron chi connectivity index (χ3n) is 5.49. The van der Waals surface area contributed by atoms with E-state index in [0.717, 1.165) is 33.4 Å². The standard InChI is InChI=1S/C30H27NO/c1-21-8-13-24(14-9-21)27(19-30(32)25-15-10-22(2)11-16-25)18-23(3)12-17-26-20-31-29-7-5-4-6-28(26)29/h4-20,31-32H,3H2,1-2H3/p+1/b17-12+,27-18+,30-19-. The Balaban J connectivity index is 1.67. The Bertz CT molecular complexity index is 1330. The fourth-order valence-electron chi connectivity index (χ4n) is 3.60. The molecule has 0 spiro atoms. The number of aryl methyl sites for hydroxylation is 2. The van der Waals surface area contributed by atoms with Crippen molar-refractivity contribution in [1.82, 2.24) is 4.98 Å². The lowest BCUT2D eigenvalue weighted by molar-refractivity contribution is 0.512. The van der Waals surface area contributed by atoms with Crippen LogP contribution in [0.5, 0.6) is 0 Å². The number of aromatic amines is 1. The van der Waals surface area contributed by atoms with Crippen LogP contribution in [-0.4, -0.2) is 10.1 Å². The third kappa shape index (κ3) is 4.98. The minimum absolute atomic E-state index is 0.477. The average molecular weight is 419 g/mol. The number of H-pyrrole nitrogens is 1. The minimum atomic E-state index is 0.477. The lowest BCUT2D eigenvalue weighted by Crippen LogP contribution is -1.88. The van der Waals surface area contributed by atoms with Crippen LogP contribution in [0.4, 0.5) is 0 Å². The largest absolute Gasteiger partial charge is 0.593 e. The highest BCUT2D eigenvalue weighted by Gasteiger charge is 2.08. The van der Waals surface area contributed by atoms with Gasteiger partial charge in [0.2, 0.25) is 0 Å². The molecule has 0 fully saturated rings. The van der Waals surface area contributed by atoms with Gasteiger partial charge in [0.1, 0.15) is 0 Å². The van der Waals surface area contributed by atoms with Crippen LogP contribution in [0.15, 0.2) is 109 Å². The lowest BCUT2D eigenvalue weighted by Gasteiger charge is -2.05. The van der Waals surface area contributed by atoms with E-state index in [2.05, 4.69) is 67.9 Å². The van der Waals surface area contributed by atoms with Crippen LogP contribution in [-0.2, 0) is 0 Å². The van der Waals surface area contributed by atoms with Crippen molar-refractivity contribution in [2.45, 2.75) is 13.8 Å². The maximum absolute atomic E-state index is 8.62. The fraction of sp³-hybridized carbons (Fsp3) is 0.0667. The molecule has 4 rings (SSSR count). The summed E-state index contributed by atoms with van der Waals surface area (Å²) in [5.41, 5.74) is 8.44. The molecule has 0 aliphatic heterocycles. The van der Waals surface area contributed by atoms with E-state index in [1.807, 2.05) is 60.8 Å². The van der Waals surface area contributed by atoms with Crippen molar-refractivity contribution >= 4 is 28.3 Å². The summed E-state index contributed by atoms with van der Waals surface area (Å²) in [5.74, 6) is 0.477. The highest BCUT2D eigenvalue weighted by atomic mass is 16.3. The molecular weight excluding hydrogens is 390 g/mol. The molecule has 1 heterocycles. The van der Waals surface area contributed by atoms with E-state index in [4.69, 9.17) is 5.11 Å².